The van der Waals surface area contributed by atoms with Crippen molar-refractivity contribution in [3.63, 3.8) is 0 Å². The average Bonchev–Trinajstić information content (AvgIpc) is 2.60. The van der Waals surface area contributed by atoms with Gasteiger partial charge in [-0.05, 0) is 71.8 Å². The number of fused-ring (bicyclic) bond motifs is 2. The molecule has 0 aliphatic heterocycles. The van der Waals surface area contributed by atoms with E-state index in [4.69, 9.17) is 4.98 Å². The number of pyridine rings is 1. The van der Waals surface area contributed by atoms with E-state index < -0.39 is 5.97 Å². The van der Waals surface area contributed by atoms with Crippen LogP contribution in [0.1, 0.15) is 46.4 Å². The van der Waals surface area contributed by atoms with Gasteiger partial charge in [0.1, 0.15) is 0 Å². The Labute approximate surface area is 126 Å². The summed E-state index contributed by atoms with van der Waals surface area (Å²) in [5.41, 5.74) is 3.90. The fourth-order valence-corrected chi connectivity index (χ4v) is 3.69. The van der Waals surface area contributed by atoms with Crippen LogP contribution >= 0.6 is 15.9 Å². The van der Waals surface area contributed by atoms with E-state index in [-0.39, 0.29) is 0 Å². The van der Waals surface area contributed by atoms with Gasteiger partial charge in [-0.15, -0.1) is 0 Å². The highest BCUT2D eigenvalue weighted by Crippen LogP contribution is 2.32. The van der Waals surface area contributed by atoms with Crippen LogP contribution in [-0.4, -0.2) is 11.0 Å². The maximum Gasteiger partial charge on any atom is 0.0854 e. The Morgan fingerprint density at radius 2 is 2.00 bits per heavy atom. The van der Waals surface area contributed by atoms with Crippen molar-refractivity contribution in [2.24, 2.45) is 0 Å². The predicted octanol–water partition coefficient (Wildman–Crippen LogP) is 2.94. The summed E-state index contributed by atoms with van der Waals surface area (Å²) in [5.74, 6) is -1.09. The van der Waals surface area contributed by atoms with Crippen LogP contribution in [0.25, 0.3) is 10.9 Å². The van der Waals surface area contributed by atoms with E-state index in [1.54, 1.807) is 0 Å². The predicted molar refractivity (Wildman–Crippen MR) is 79.8 cm³/mol. The maximum atomic E-state index is 11.7. The summed E-state index contributed by atoms with van der Waals surface area (Å²) in [6.07, 6.45) is 4.85. The number of aromatic carboxylic acids is 1. The van der Waals surface area contributed by atoms with Crippen LogP contribution in [0.4, 0.5) is 0 Å². The molecule has 3 rings (SSSR count). The summed E-state index contributed by atoms with van der Waals surface area (Å²) in [4.78, 5) is 16.4. The first-order valence-electron chi connectivity index (χ1n) is 6.91. The molecule has 0 fully saturated rings. The Morgan fingerprint density at radius 3 is 2.75 bits per heavy atom. The quantitative estimate of drug-likeness (QED) is 0.754. The topological polar surface area (TPSA) is 53.0 Å². The van der Waals surface area contributed by atoms with Crippen molar-refractivity contribution >= 4 is 32.8 Å². The van der Waals surface area contributed by atoms with Crippen molar-refractivity contribution in [2.75, 3.05) is 0 Å². The lowest BCUT2D eigenvalue weighted by Gasteiger charge is -2.17. The number of aryl methyl sites for hydroxylation is 2. The Kier molecular flexibility index (Phi) is 3.50. The number of aromatic nitrogens is 1. The van der Waals surface area contributed by atoms with Gasteiger partial charge < -0.3 is 9.90 Å². The van der Waals surface area contributed by atoms with Gasteiger partial charge in [-0.25, -0.2) is 0 Å². The Hall–Kier alpha value is -1.42. The fourth-order valence-electron chi connectivity index (χ4n) is 3.03. The Bertz CT molecular complexity index is 709. The number of carbonyl (C=O) groups excluding carboxylic acids is 1. The molecule has 104 valence electrons. The van der Waals surface area contributed by atoms with Crippen LogP contribution in [-0.2, 0) is 12.8 Å². The molecule has 0 atom stereocenters. The number of carbonyl (C=O) groups is 1. The second kappa shape index (κ2) is 5.17. The van der Waals surface area contributed by atoms with Crippen LogP contribution in [0, 0.1) is 6.92 Å². The minimum absolute atomic E-state index is 0.344. The van der Waals surface area contributed by atoms with Gasteiger partial charge >= 0.3 is 0 Å². The van der Waals surface area contributed by atoms with Crippen molar-refractivity contribution in [2.45, 2.75) is 39.0 Å². The molecule has 0 bridgehead atoms. The van der Waals surface area contributed by atoms with Crippen molar-refractivity contribution in [3.8, 4) is 0 Å². The second-order valence-electron chi connectivity index (χ2n) is 5.40. The first-order valence-corrected chi connectivity index (χ1v) is 7.70. The SMILES string of the molecule is Cc1cc(Br)c2nc3c(c(C(=O)[O-])c2c1)CCCCC3. The summed E-state index contributed by atoms with van der Waals surface area (Å²) in [5, 5.41) is 12.4. The molecular weight excluding hydrogens is 318 g/mol. The van der Waals surface area contributed by atoms with E-state index in [1.807, 2.05) is 19.1 Å². The molecule has 1 heterocycles. The molecule has 1 aromatic carbocycles. The minimum Gasteiger partial charge on any atom is -0.545 e. The zero-order chi connectivity index (χ0) is 14.3. The first kappa shape index (κ1) is 13.6. The molecule has 0 unspecified atom stereocenters. The summed E-state index contributed by atoms with van der Waals surface area (Å²) in [6, 6.07) is 3.86. The van der Waals surface area contributed by atoms with Crippen molar-refractivity contribution in [1.82, 2.24) is 4.98 Å². The normalized spacial score (nSPS) is 14.9. The molecule has 3 nitrogen and oxygen atoms in total. The standard InChI is InChI=1S/C16H16BrNO2/c1-9-7-11-14(16(19)20)10-5-3-2-4-6-13(10)18-15(11)12(17)8-9/h7-8H,2-6H2,1H3,(H,19,20)/p-1. The smallest absolute Gasteiger partial charge is 0.0854 e. The van der Waals surface area contributed by atoms with Gasteiger partial charge in [-0.1, -0.05) is 6.42 Å². The highest BCUT2D eigenvalue weighted by atomic mass is 79.9. The molecule has 1 aromatic heterocycles. The van der Waals surface area contributed by atoms with Crippen LogP contribution in [0.3, 0.4) is 0 Å². The molecular formula is C16H15BrNO2-. The number of hydrogen-bond acceptors (Lipinski definition) is 3. The van der Waals surface area contributed by atoms with Gasteiger partial charge in [-0.2, -0.15) is 0 Å². The lowest BCUT2D eigenvalue weighted by Crippen LogP contribution is -2.25. The molecule has 0 amide bonds. The molecule has 1 aliphatic carbocycles. The van der Waals surface area contributed by atoms with Gasteiger partial charge in [0.05, 0.1) is 11.5 Å². The Morgan fingerprint density at radius 1 is 1.25 bits per heavy atom. The zero-order valence-corrected chi connectivity index (χ0v) is 12.9. The molecule has 20 heavy (non-hydrogen) atoms. The first-order chi connectivity index (χ1) is 9.58. The van der Waals surface area contributed by atoms with Gasteiger partial charge in [0.25, 0.3) is 0 Å². The number of halogens is 1. The fraction of sp³-hybridized carbons (Fsp3) is 0.375. The lowest BCUT2D eigenvalue weighted by atomic mass is 9.96. The molecule has 4 heteroatoms. The summed E-state index contributed by atoms with van der Waals surface area (Å²) in [6.45, 7) is 1.95. The average molecular weight is 333 g/mol. The highest BCUT2D eigenvalue weighted by molar-refractivity contribution is 9.10. The van der Waals surface area contributed by atoms with Gasteiger partial charge in [0.2, 0.25) is 0 Å². The molecule has 0 radical (unpaired) electrons. The van der Waals surface area contributed by atoms with E-state index in [1.165, 1.54) is 0 Å². The van der Waals surface area contributed by atoms with Crippen LogP contribution in [0.5, 0.6) is 0 Å². The van der Waals surface area contributed by atoms with E-state index in [2.05, 4.69) is 15.9 Å². The monoisotopic (exact) mass is 332 g/mol. The largest absolute Gasteiger partial charge is 0.545 e. The molecule has 2 aromatic rings. The van der Waals surface area contributed by atoms with E-state index in [0.29, 0.717) is 10.9 Å². The van der Waals surface area contributed by atoms with E-state index in [0.717, 1.165) is 58.9 Å². The molecule has 0 N–H and O–H groups in total. The van der Waals surface area contributed by atoms with Gasteiger partial charge in [0.15, 0.2) is 0 Å². The van der Waals surface area contributed by atoms with Gasteiger partial charge in [0, 0.05) is 21.1 Å². The second-order valence-corrected chi connectivity index (χ2v) is 6.26. The Balaban J connectivity index is 2.42. The minimum atomic E-state index is -1.09. The lowest BCUT2D eigenvalue weighted by molar-refractivity contribution is -0.254. The van der Waals surface area contributed by atoms with Gasteiger partial charge in [-0.3, -0.25) is 4.98 Å². The van der Waals surface area contributed by atoms with Crippen LogP contribution in [0.15, 0.2) is 16.6 Å². The number of carboxylic acid groups (broad SMARTS) is 1. The molecule has 0 saturated heterocycles. The summed E-state index contributed by atoms with van der Waals surface area (Å²) in [7, 11) is 0. The van der Waals surface area contributed by atoms with Crippen molar-refractivity contribution in [3.05, 3.63) is 39.0 Å². The summed E-state index contributed by atoms with van der Waals surface area (Å²) >= 11 is 3.50. The number of benzene rings is 1. The third-order valence-electron chi connectivity index (χ3n) is 3.92. The molecule has 1 aliphatic rings. The van der Waals surface area contributed by atoms with Crippen molar-refractivity contribution in [1.29, 1.82) is 0 Å². The zero-order valence-electron chi connectivity index (χ0n) is 11.3. The van der Waals surface area contributed by atoms with E-state index in [9.17, 15) is 9.90 Å². The highest BCUT2D eigenvalue weighted by Gasteiger charge is 2.19. The maximum absolute atomic E-state index is 11.7. The van der Waals surface area contributed by atoms with Crippen LogP contribution in [0.2, 0.25) is 0 Å². The van der Waals surface area contributed by atoms with Crippen molar-refractivity contribution < 1.29 is 9.90 Å². The summed E-state index contributed by atoms with van der Waals surface area (Å²) < 4.78 is 0.849. The number of hydrogen-bond donors (Lipinski definition) is 0. The third-order valence-corrected chi connectivity index (χ3v) is 4.52. The third kappa shape index (κ3) is 2.22. The molecule has 0 saturated carbocycles. The molecule has 0 spiro atoms. The number of rotatable bonds is 1. The number of nitrogens with zero attached hydrogens (tertiary/aromatic N) is 1. The number of carboxylic acids is 1. The van der Waals surface area contributed by atoms with E-state index >= 15 is 0 Å². The van der Waals surface area contributed by atoms with Crippen LogP contribution < -0.4 is 5.11 Å².